The number of rotatable bonds is 5. The third kappa shape index (κ3) is 3.07. The third-order valence-electron chi connectivity index (χ3n) is 3.29. The highest BCUT2D eigenvalue weighted by Crippen LogP contribution is 2.38. The highest BCUT2D eigenvalue weighted by molar-refractivity contribution is 5.95. The molecule has 0 aromatic heterocycles. The zero-order chi connectivity index (χ0) is 12.3. The van der Waals surface area contributed by atoms with Crippen LogP contribution in [0.1, 0.15) is 25.8 Å². The number of hydrogen-bond acceptors (Lipinski definition) is 2. The fourth-order valence-corrected chi connectivity index (χ4v) is 1.97. The number of benzene rings is 1. The molecule has 2 unspecified atom stereocenters. The van der Waals surface area contributed by atoms with E-state index < -0.39 is 0 Å². The average molecular weight is 232 g/mol. The van der Waals surface area contributed by atoms with Gasteiger partial charge in [-0.3, -0.25) is 4.79 Å². The smallest absolute Gasteiger partial charge is 0.227 e. The molecule has 0 saturated heterocycles. The summed E-state index contributed by atoms with van der Waals surface area (Å²) < 4.78 is 0. The van der Waals surface area contributed by atoms with Crippen molar-refractivity contribution in [2.45, 2.75) is 26.8 Å². The maximum Gasteiger partial charge on any atom is 0.227 e. The molecule has 1 amide bonds. The highest BCUT2D eigenvalue weighted by Gasteiger charge is 2.39. The zero-order valence-electron chi connectivity index (χ0n) is 10.5. The molecule has 0 aliphatic heterocycles. The van der Waals surface area contributed by atoms with E-state index in [0.29, 0.717) is 5.92 Å². The number of hydrogen-bond donors (Lipinski definition) is 2. The van der Waals surface area contributed by atoms with Crippen molar-refractivity contribution in [2.75, 3.05) is 11.9 Å². The molecule has 1 fully saturated rings. The summed E-state index contributed by atoms with van der Waals surface area (Å²) in [6.07, 6.45) is 1.03. The van der Waals surface area contributed by atoms with Gasteiger partial charge >= 0.3 is 0 Å². The second kappa shape index (κ2) is 5.32. The van der Waals surface area contributed by atoms with E-state index >= 15 is 0 Å². The predicted octanol–water partition coefficient (Wildman–Crippen LogP) is 2.39. The van der Waals surface area contributed by atoms with Gasteiger partial charge in [0.2, 0.25) is 5.91 Å². The Bertz CT molecular complexity index is 403. The second-order valence-corrected chi connectivity index (χ2v) is 4.75. The number of carbonyl (C=O) groups excluding carboxylic acids is 1. The van der Waals surface area contributed by atoms with E-state index in [0.717, 1.165) is 30.8 Å². The van der Waals surface area contributed by atoms with Crippen LogP contribution in [0.3, 0.4) is 0 Å². The Morgan fingerprint density at radius 2 is 2.12 bits per heavy atom. The molecule has 0 radical (unpaired) electrons. The largest absolute Gasteiger partial charge is 0.326 e. The van der Waals surface area contributed by atoms with Gasteiger partial charge in [-0.15, -0.1) is 0 Å². The lowest BCUT2D eigenvalue weighted by Crippen LogP contribution is -2.18. The molecule has 2 atom stereocenters. The molecular weight excluding hydrogens is 212 g/mol. The van der Waals surface area contributed by atoms with Crippen molar-refractivity contribution in [2.24, 2.45) is 11.8 Å². The minimum Gasteiger partial charge on any atom is -0.326 e. The van der Waals surface area contributed by atoms with Crippen LogP contribution in [0, 0.1) is 11.8 Å². The van der Waals surface area contributed by atoms with Crippen molar-refractivity contribution in [3.8, 4) is 0 Å². The van der Waals surface area contributed by atoms with Gasteiger partial charge < -0.3 is 10.6 Å². The van der Waals surface area contributed by atoms with Crippen LogP contribution in [-0.2, 0) is 11.3 Å². The van der Waals surface area contributed by atoms with Crippen LogP contribution in [0.25, 0.3) is 0 Å². The number of amides is 1. The lowest BCUT2D eigenvalue weighted by Gasteiger charge is -2.11. The maximum atomic E-state index is 11.9. The van der Waals surface area contributed by atoms with Crippen molar-refractivity contribution in [3.63, 3.8) is 0 Å². The Balaban J connectivity index is 2.01. The van der Waals surface area contributed by atoms with E-state index in [-0.39, 0.29) is 11.8 Å². The molecule has 1 aromatic rings. The lowest BCUT2D eigenvalue weighted by molar-refractivity contribution is -0.117. The maximum absolute atomic E-state index is 11.9. The van der Waals surface area contributed by atoms with E-state index in [2.05, 4.69) is 30.5 Å². The number of nitrogens with one attached hydrogen (secondary N) is 2. The summed E-state index contributed by atoms with van der Waals surface area (Å²) in [4.78, 5) is 11.9. The van der Waals surface area contributed by atoms with Gasteiger partial charge in [0, 0.05) is 18.2 Å². The molecule has 2 N–H and O–H groups in total. The van der Waals surface area contributed by atoms with Crippen LogP contribution in [-0.4, -0.2) is 12.5 Å². The lowest BCUT2D eigenvalue weighted by atomic mass is 10.1. The Morgan fingerprint density at radius 3 is 2.76 bits per heavy atom. The molecule has 3 nitrogen and oxygen atoms in total. The molecule has 3 heteroatoms. The molecule has 2 rings (SSSR count). The predicted molar refractivity (Wildman–Crippen MR) is 69.7 cm³/mol. The van der Waals surface area contributed by atoms with Crippen molar-refractivity contribution < 1.29 is 4.79 Å². The van der Waals surface area contributed by atoms with Crippen LogP contribution < -0.4 is 10.6 Å². The summed E-state index contributed by atoms with van der Waals surface area (Å²) in [6, 6.07) is 7.98. The van der Waals surface area contributed by atoms with Gasteiger partial charge in [-0.1, -0.05) is 32.0 Å². The van der Waals surface area contributed by atoms with E-state index in [9.17, 15) is 4.79 Å². The summed E-state index contributed by atoms with van der Waals surface area (Å²) in [7, 11) is 0. The highest BCUT2D eigenvalue weighted by atomic mass is 16.2. The zero-order valence-corrected chi connectivity index (χ0v) is 10.5. The SMILES string of the molecule is CCNCc1ccccc1NC(=O)C1CC1C. The molecule has 0 bridgehead atoms. The summed E-state index contributed by atoms with van der Waals surface area (Å²) in [6.45, 7) is 5.93. The number of anilines is 1. The van der Waals surface area contributed by atoms with Crippen LogP contribution in [0.2, 0.25) is 0 Å². The summed E-state index contributed by atoms with van der Waals surface area (Å²) in [5, 5.41) is 6.31. The van der Waals surface area contributed by atoms with Gasteiger partial charge in [-0.2, -0.15) is 0 Å². The normalized spacial score (nSPS) is 22.2. The van der Waals surface area contributed by atoms with Crippen LogP contribution in [0.15, 0.2) is 24.3 Å². The van der Waals surface area contributed by atoms with Crippen LogP contribution in [0.4, 0.5) is 5.69 Å². The van der Waals surface area contributed by atoms with Gasteiger partial charge in [-0.05, 0) is 30.5 Å². The van der Waals surface area contributed by atoms with Gasteiger partial charge in [0.1, 0.15) is 0 Å². The topological polar surface area (TPSA) is 41.1 Å². The van der Waals surface area contributed by atoms with Gasteiger partial charge in [0.25, 0.3) is 0 Å². The van der Waals surface area contributed by atoms with Crippen LogP contribution in [0.5, 0.6) is 0 Å². The Labute approximate surface area is 103 Å². The van der Waals surface area contributed by atoms with Crippen molar-refractivity contribution in [3.05, 3.63) is 29.8 Å². The van der Waals surface area contributed by atoms with Crippen molar-refractivity contribution in [1.29, 1.82) is 0 Å². The summed E-state index contributed by atoms with van der Waals surface area (Å²) >= 11 is 0. The first-order valence-electron chi connectivity index (χ1n) is 6.32. The van der Waals surface area contributed by atoms with Crippen molar-refractivity contribution in [1.82, 2.24) is 5.32 Å². The quantitative estimate of drug-likeness (QED) is 0.818. The third-order valence-corrected chi connectivity index (χ3v) is 3.29. The molecule has 92 valence electrons. The molecule has 1 aliphatic rings. The van der Waals surface area contributed by atoms with E-state index in [1.54, 1.807) is 0 Å². The molecule has 1 aromatic carbocycles. The fraction of sp³-hybridized carbons (Fsp3) is 0.500. The number of carbonyl (C=O) groups is 1. The Kier molecular flexibility index (Phi) is 3.79. The Morgan fingerprint density at radius 1 is 1.41 bits per heavy atom. The summed E-state index contributed by atoms with van der Waals surface area (Å²) in [5.41, 5.74) is 2.09. The number of para-hydroxylation sites is 1. The van der Waals surface area contributed by atoms with Crippen LogP contribution >= 0.6 is 0 Å². The molecule has 1 saturated carbocycles. The first kappa shape index (κ1) is 12.1. The van der Waals surface area contributed by atoms with Crippen molar-refractivity contribution >= 4 is 11.6 Å². The minimum absolute atomic E-state index is 0.168. The van der Waals surface area contributed by atoms with E-state index in [4.69, 9.17) is 0 Å². The first-order valence-corrected chi connectivity index (χ1v) is 6.32. The summed E-state index contributed by atoms with van der Waals surface area (Å²) in [5.74, 6) is 0.944. The molecule has 1 aliphatic carbocycles. The molecule has 0 spiro atoms. The van der Waals surface area contributed by atoms with E-state index in [1.807, 2.05) is 18.2 Å². The minimum atomic E-state index is 0.168. The second-order valence-electron chi connectivity index (χ2n) is 4.75. The molecule has 0 heterocycles. The first-order chi connectivity index (χ1) is 8.22. The standard InChI is InChI=1S/C14H20N2O/c1-3-15-9-11-6-4-5-7-13(11)16-14(17)12-8-10(12)2/h4-7,10,12,15H,3,8-9H2,1-2H3,(H,16,17). The van der Waals surface area contributed by atoms with Gasteiger partial charge in [0.05, 0.1) is 0 Å². The molecule has 17 heavy (non-hydrogen) atoms. The molecular formula is C14H20N2O. The van der Waals surface area contributed by atoms with Gasteiger partial charge in [-0.25, -0.2) is 0 Å². The van der Waals surface area contributed by atoms with Gasteiger partial charge in [0.15, 0.2) is 0 Å². The van der Waals surface area contributed by atoms with E-state index in [1.165, 1.54) is 0 Å². The monoisotopic (exact) mass is 232 g/mol. The average Bonchev–Trinajstić information content (AvgIpc) is 3.05. The fourth-order valence-electron chi connectivity index (χ4n) is 1.97. The Hall–Kier alpha value is -1.35.